The normalized spacial score (nSPS) is 21.1. The van der Waals surface area contributed by atoms with Gasteiger partial charge in [0.1, 0.15) is 5.82 Å². The molecule has 0 saturated carbocycles. The van der Waals surface area contributed by atoms with Crippen LogP contribution in [0.1, 0.15) is 18.6 Å². The Morgan fingerprint density at radius 2 is 1.82 bits per heavy atom. The van der Waals surface area contributed by atoms with Gasteiger partial charge in [0, 0.05) is 19.1 Å². The Labute approximate surface area is 101 Å². The molecule has 17 heavy (non-hydrogen) atoms. The van der Waals surface area contributed by atoms with Crippen molar-refractivity contribution in [3.05, 3.63) is 35.6 Å². The van der Waals surface area contributed by atoms with Crippen molar-refractivity contribution in [2.24, 2.45) is 0 Å². The van der Waals surface area contributed by atoms with Crippen molar-refractivity contribution in [2.75, 3.05) is 26.3 Å². The van der Waals surface area contributed by atoms with Crippen molar-refractivity contribution in [1.82, 2.24) is 4.90 Å². The minimum atomic E-state index is -0.589. The van der Waals surface area contributed by atoms with E-state index in [-0.39, 0.29) is 11.9 Å². The van der Waals surface area contributed by atoms with Gasteiger partial charge in [-0.2, -0.15) is 0 Å². The summed E-state index contributed by atoms with van der Waals surface area (Å²) < 4.78 is 18.1. The standard InChI is InChI=1S/C13H18FNO2/c1-10(15-6-8-17-9-7-15)13(16)11-2-4-12(14)5-3-11/h2-5,10,13,16H,6-9H2,1H3/t10-,13-/m0/s1. The quantitative estimate of drug-likeness (QED) is 0.869. The van der Waals surface area contributed by atoms with E-state index in [2.05, 4.69) is 4.90 Å². The van der Waals surface area contributed by atoms with Gasteiger partial charge in [-0.05, 0) is 24.6 Å². The van der Waals surface area contributed by atoms with E-state index in [0.29, 0.717) is 13.2 Å². The minimum Gasteiger partial charge on any atom is -0.387 e. The summed E-state index contributed by atoms with van der Waals surface area (Å²) in [6.07, 6.45) is -0.589. The predicted octanol–water partition coefficient (Wildman–Crippen LogP) is 1.58. The monoisotopic (exact) mass is 239 g/mol. The Morgan fingerprint density at radius 3 is 2.41 bits per heavy atom. The van der Waals surface area contributed by atoms with Crippen molar-refractivity contribution in [3.8, 4) is 0 Å². The first-order valence-electron chi connectivity index (χ1n) is 5.94. The number of aliphatic hydroxyl groups is 1. The maximum Gasteiger partial charge on any atom is 0.123 e. The Kier molecular flexibility index (Phi) is 4.10. The molecule has 1 saturated heterocycles. The molecule has 1 aromatic rings. The summed E-state index contributed by atoms with van der Waals surface area (Å²) in [4.78, 5) is 2.19. The first-order valence-corrected chi connectivity index (χ1v) is 5.94. The van der Waals surface area contributed by atoms with E-state index in [4.69, 9.17) is 4.74 Å². The maximum absolute atomic E-state index is 12.8. The number of hydrogen-bond acceptors (Lipinski definition) is 3. The second kappa shape index (κ2) is 5.58. The summed E-state index contributed by atoms with van der Waals surface area (Å²) >= 11 is 0. The van der Waals surface area contributed by atoms with E-state index < -0.39 is 6.10 Å². The summed E-state index contributed by atoms with van der Waals surface area (Å²) in [6.45, 7) is 5.07. The molecule has 1 aliphatic heterocycles. The van der Waals surface area contributed by atoms with Gasteiger partial charge in [0.25, 0.3) is 0 Å². The first-order chi connectivity index (χ1) is 8.18. The van der Waals surface area contributed by atoms with Crippen LogP contribution < -0.4 is 0 Å². The van der Waals surface area contributed by atoms with Gasteiger partial charge in [0.05, 0.1) is 19.3 Å². The number of nitrogens with zero attached hydrogens (tertiary/aromatic N) is 1. The first kappa shape index (κ1) is 12.5. The smallest absolute Gasteiger partial charge is 0.123 e. The van der Waals surface area contributed by atoms with Gasteiger partial charge in [0.2, 0.25) is 0 Å². The lowest BCUT2D eigenvalue weighted by Gasteiger charge is -2.35. The van der Waals surface area contributed by atoms with E-state index >= 15 is 0 Å². The number of morpholine rings is 1. The molecule has 0 bridgehead atoms. The molecular formula is C13H18FNO2. The van der Waals surface area contributed by atoms with Crippen LogP contribution in [0.5, 0.6) is 0 Å². The fraction of sp³-hybridized carbons (Fsp3) is 0.538. The van der Waals surface area contributed by atoms with Crippen LogP contribution in [0, 0.1) is 5.82 Å². The largest absolute Gasteiger partial charge is 0.387 e. The zero-order valence-electron chi connectivity index (χ0n) is 9.97. The topological polar surface area (TPSA) is 32.7 Å². The van der Waals surface area contributed by atoms with Crippen LogP contribution in [-0.4, -0.2) is 42.4 Å². The molecule has 0 unspecified atom stereocenters. The van der Waals surface area contributed by atoms with Crippen molar-refractivity contribution in [2.45, 2.75) is 19.1 Å². The average molecular weight is 239 g/mol. The summed E-state index contributed by atoms with van der Waals surface area (Å²) in [5, 5.41) is 10.2. The van der Waals surface area contributed by atoms with Crippen LogP contribution in [0.4, 0.5) is 4.39 Å². The third kappa shape index (κ3) is 3.03. The second-order valence-corrected chi connectivity index (χ2v) is 4.39. The highest BCUT2D eigenvalue weighted by Crippen LogP contribution is 2.21. The average Bonchev–Trinajstić information content (AvgIpc) is 2.39. The molecule has 0 radical (unpaired) electrons. The van der Waals surface area contributed by atoms with Gasteiger partial charge >= 0.3 is 0 Å². The van der Waals surface area contributed by atoms with Gasteiger partial charge in [-0.25, -0.2) is 4.39 Å². The fourth-order valence-corrected chi connectivity index (χ4v) is 2.12. The predicted molar refractivity (Wildman–Crippen MR) is 63.2 cm³/mol. The van der Waals surface area contributed by atoms with Gasteiger partial charge in [-0.1, -0.05) is 12.1 Å². The molecular weight excluding hydrogens is 221 g/mol. The molecule has 1 aromatic carbocycles. The molecule has 1 aliphatic rings. The molecule has 2 atom stereocenters. The highest BCUT2D eigenvalue weighted by molar-refractivity contribution is 5.19. The number of benzene rings is 1. The molecule has 0 aromatic heterocycles. The van der Waals surface area contributed by atoms with Crippen LogP contribution in [0.3, 0.4) is 0 Å². The number of rotatable bonds is 3. The molecule has 94 valence electrons. The lowest BCUT2D eigenvalue weighted by atomic mass is 10.0. The third-order valence-electron chi connectivity index (χ3n) is 3.29. The highest BCUT2D eigenvalue weighted by Gasteiger charge is 2.24. The van der Waals surface area contributed by atoms with Crippen LogP contribution >= 0.6 is 0 Å². The second-order valence-electron chi connectivity index (χ2n) is 4.39. The molecule has 4 heteroatoms. The summed E-state index contributed by atoms with van der Waals surface area (Å²) in [7, 11) is 0. The molecule has 2 rings (SSSR count). The van der Waals surface area contributed by atoms with E-state index in [0.717, 1.165) is 18.7 Å². The Balaban J connectivity index is 2.02. The number of halogens is 1. The van der Waals surface area contributed by atoms with Crippen molar-refractivity contribution in [1.29, 1.82) is 0 Å². The van der Waals surface area contributed by atoms with Gasteiger partial charge in [-0.15, -0.1) is 0 Å². The summed E-state index contributed by atoms with van der Waals surface area (Å²) in [6, 6.07) is 6.05. The summed E-state index contributed by atoms with van der Waals surface area (Å²) in [5.41, 5.74) is 0.755. The van der Waals surface area contributed by atoms with Gasteiger partial charge in [-0.3, -0.25) is 4.90 Å². The Morgan fingerprint density at radius 1 is 1.24 bits per heavy atom. The van der Waals surface area contributed by atoms with Crippen molar-refractivity contribution in [3.63, 3.8) is 0 Å². The molecule has 3 nitrogen and oxygen atoms in total. The van der Waals surface area contributed by atoms with E-state index in [9.17, 15) is 9.50 Å². The maximum atomic E-state index is 12.8. The number of ether oxygens (including phenoxy) is 1. The lowest BCUT2D eigenvalue weighted by molar-refractivity contribution is -0.0166. The van der Waals surface area contributed by atoms with E-state index in [1.165, 1.54) is 12.1 Å². The zero-order valence-corrected chi connectivity index (χ0v) is 9.97. The molecule has 1 heterocycles. The van der Waals surface area contributed by atoms with Crippen molar-refractivity contribution < 1.29 is 14.2 Å². The third-order valence-corrected chi connectivity index (χ3v) is 3.29. The zero-order chi connectivity index (χ0) is 12.3. The highest BCUT2D eigenvalue weighted by atomic mass is 19.1. The van der Waals surface area contributed by atoms with Gasteiger partial charge < -0.3 is 9.84 Å². The Hall–Kier alpha value is -0.970. The lowest BCUT2D eigenvalue weighted by Crippen LogP contribution is -2.44. The molecule has 0 amide bonds. The molecule has 0 aliphatic carbocycles. The molecule has 0 spiro atoms. The Bertz CT molecular complexity index is 349. The minimum absolute atomic E-state index is 0.0179. The van der Waals surface area contributed by atoms with E-state index in [1.807, 2.05) is 6.92 Å². The van der Waals surface area contributed by atoms with Crippen LogP contribution in [0.2, 0.25) is 0 Å². The number of hydrogen-bond donors (Lipinski definition) is 1. The van der Waals surface area contributed by atoms with Crippen LogP contribution in [0.25, 0.3) is 0 Å². The van der Waals surface area contributed by atoms with E-state index in [1.54, 1.807) is 12.1 Å². The van der Waals surface area contributed by atoms with Crippen molar-refractivity contribution >= 4 is 0 Å². The summed E-state index contributed by atoms with van der Waals surface area (Å²) in [5.74, 6) is -0.278. The van der Waals surface area contributed by atoms with Gasteiger partial charge in [0.15, 0.2) is 0 Å². The fourth-order valence-electron chi connectivity index (χ4n) is 2.12. The molecule has 1 fully saturated rings. The van der Waals surface area contributed by atoms with Crippen LogP contribution in [0.15, 0.2) is 24.3 Å². The van der Waals surface area contributed by atoms with Crippen LogP contribution in [-0.2, 0) is 4.74 Å². The number of aliphatic hydroxyl groups excluding tert-OH is 1. The SMILES string of the molecule is C[C@@H]([C@H](O)c1ccc(F)cc1)N1CCOCC1. The molecule has 1 N–H and O–H groups in total.